The number of nitrogens with one attached hydrogen (secondary N) is 1. The lowest BCUT2D eigenvalue weighted by Gasteiger charge is -2.33. The van der Waals surface area contributed by atoms with E-state index in [0.717, 1.165) is 48.8 Å². The highest BCUT2D eigenvalue weighted by Gasteiger charge is 2.24. The van der Waals surface area contributed by atoms with Gasteiger partial charge < -0.3 is 15.0 Å². The van der Waals surface area contributed by atoms with Crippen molar-refractivity contribution in [3.05, 3.63) is 60.3 Å². The molecule has 1 amide bonds. The van der Waals surface area contributed by atoms with Crippen molar-refractivity contribution in [1.29, 1.82) is 0 Å². The standard InChI is InChI=1S/C24H30N6O2/c1-17-13-22(28-24(26-17)30-12-10-25-16-30)29-11-4-5-19(15-29)14-23(31)27-18(2)20-6-8-21(32-3)9-7-20/h6-10,12-13,16,18-19H,4-5,11,14-15H2,1-3H3,(H,27,31). The largest absolute Gasteiger partial charge is 0.497 e. The first kappa shape index (κ1) is 21.8. The van der Waals surface area contributed by atoms with Crippen LogP contribution in [0.5, 0.6) is 5.75 Å². The highest BCUT2D eigenvalue weighted by atomic mass is 16.5. The summed E-state index contributed by atoms with van der Waals surface area (Å²) in [5.41, 5.74) is 1.97. The van der Waals surface area contributed by atoms with Gasteiger partial charge in [0.1, 0.15) is 17.9 Å². The number of hydrogen-bond acceptors (Lipinski definition) is 6. The van der Waals surface area contributed by atoms with E-state index in [2.05, 4.69) is 20.2 Å². The monoisotopic (exact) mass is 434 g/mol. The van der Waals surface area contributed by atoms with Gasteiger partial charge in [-0.1, -0.05) is 12.1 Å². The third kappa shape index (κ3) is 5.25. The molecule has 1 saturated heterocycles. The molecule has 1 N–H and O–H groups in total. The molecule has 8 nitrogen and oxygen atoms in total. The van der Waals surface area contributed by atoms with Crippen LogP contribution in [0.2, 0.25) is 0 Å². The normalized spacial score (nSPS) is 17.1. The average molecular weight is 435 g/mol. The fourth-order valence-corrected chi connectivity index (χ4v) is 4.17. The predicted octanol–water partition coefficient (Wildman–Crippen LogP) is 3.46. The van der Waals surface area contributed by atoms with Gasteiger partial charge in [0.25, 0.3) is 0 Å². The summed E-state index contributed by atoms with van der Waals surface area (Å²) in [7, 11) is 1.65. The molecule has 0 radical (unpaired) electrons. The molecule has 3 aromatic rings. The number of anilines is 1. The van der Waals surface area contributed by atoms with E-state index in [1.165, 1.54) is 0 Å². The van der Waals surface area contributed by atoms with Gasteiger partial charge >= 0.3 is 0 Å². The molecule has 1 aliphatic rings. The molecular formula is C24H30N6O2. The molecule has 2 aromatic heterocycles. The van der Waals surface area contributed by atoms with Gasteiger partial charge in [-0.15, -0.1) is 0 Å². The van der Waals surface area contributed by atoms with E-state index >= 15 is 0 Å². The molecule has 1 aliphatic heterocycles. The summed E-state index contributed by atoms with van der Waals surface area (Å²) in [6.45, 7) is 5.72. The zero-order chi connectivity index (χ0) is 22.5. The van der Waals surface area contributed by atoms with Gasteiger partial charge in [0, 0.05) is 43.7 Å². The first-order chi connectivity index (χ1) is 15.5. The second-order valence-corrected chi connectivity index (χ2v) is 8.36. The zero-order valence-corrected chi connectivity index (χ0v) is 18.9. The Bertz CT molecular complexity index is 1040. The number of amides is 1. The van der Waals surface area contributed by atoms with Crippen molar-refractivity contribution in [2.24, 2.45) is 5.92 Å². The number of methoxy groups -OCH3 is 1. The molecule has 8 heteroatoms. The van der Waals surface area contributed by atoms with Gasteiger partial charge in [0.15, 0.2) is 0 Å². The quantitative estimate of drug-likeness (QED) is 0.613. The van der Waals surface area contributed by atoms with Crippen LogP contribution in [0.1, 0.15) is 43.5 Å². The van der Waals surface area contributed by atoms with Gasteiger partial charge in [-0.3, -0.25) is 9.36 Å². The summed E-state index contributed by atoms with van der Waals surface area (Å²) in [6.07, 6.45) is 7.84. The summed E-state index contributed by atoms with van der Waals surface area (Å²) in [4.78, 5) is 28.4. The van der Waals surface area contributed by atoms with Crippen LogP contribution in [-0.2, 0) is 4.79 Å². The molecule has 0 spiro atoms. The maximum Gasteiger partial charge on any atom is 0.237 e. The minimum atomic E-state index is -0.0460. The number of piperidine rings is 1. The number of aromatic nitrogens is 4. The van der Waals surface area contributed by atoms with Gasteiger partial charge in [0.2, 0.25) is 11.9 Å². The number of ether oxygens (including phenoxy) is 1. The van der Waals surface area contributed by atoms with Crippen molar-refractivity contribution in [3.8, 4) is 11.7 Å². The Balaban J connectivity index is 1.37. The van der Waals surface area contributed by atoms with Crippen LogP contribution in [0, 0.1) is 12.8 Å². The van der Waals surface area contributed by atoms with Crippen LogP contribution in [0.15, 0.2) is 49.1 Å². The molecule has 1 aromatic carbocycles. The summed E-state index contributed by atoms with van der Waals surface area (Å²) in [5, 5.41) is 3.14. The van der Waals surface area contributed by atoms with E-state index in [1.54, 1.807) is 19.6 Å². The first-order valence-electron chi connectivity index (χ1n) is 11.0. The minimum Gasteiger partial charge on any atom is -0.497 e. The lowest BCUT2D eigenvalue weighted by Crippen LogP contribution is -2.39. The van der Waals surface area contributed by atoms with Crippen molar-refractivity contribution in [2.45, 2.75) is 39.2 Å². The van der Waals surface area contributed by atoms with Gasteiger partial charge in [-0.05, 0) is 50.3 Å². The molecule has 2 atom stereocenters. The molecule has 2 unspecified atom stereocenters. The molecule has 3 heterocycles. The Morgan fingerprint density at radius 3 is 2.81 bits per heavy atom. The van der Waals surface area contributed by atoms with E-state index in [0.29, 0.717) is 18.3 Å². The number of imidazole rings is 1. The van der Waals surface area contributed by atoms with Crippen LogP contribution < -0.4 is 15.0 Å². The van der Waals surface area contributed by atoms with Crippen LogP contribution >= 0.6 is 0 Å². The summed E-state index contributed by atoms with van der Waals surface area (Å²) in [5.74, 6) is 2.70. The summed E-state index contributed by atoms with van der Waals surface area (Å²) >= 11 is 0. The third-order valence-corrected chi connectivity index (χ3v) is 5.87. The third-order valence-electron chi connectivity index (χ3n) is 5.87. The fourth-order valence-electron chi connectivity index (χ4n) is 4.17. The van der Waals surface area contributed by atoms with Crippen LogP contribution in [0.25, 0.3) is 5.95 Å². The molecular weight excluding hydrogens is 404 g/mol. The van der Waals surface area contributed by atoms with E-state index in [9.17, 15) is 4.79 Å². The zero-order valence-electron chi connectivity index (χ0n) is 18.9. The molecule has 0 bridgehead atoms. The van der Waals surface area contributed by atoms with Crippen LogP contribution in [0.4, 0.5) is 5.82 Å². The van der Waals surface area contributed by atoms with E-state index in [1.807, 2.05) is 54.9 Å². The maximum absolute atomic E-state index is 12.7. The number of carbonyl (C=O) groups excluding carboxylic acids is 1. The fraction of sp³-hybridized carbons (Fsp3) is 0.417. The number of carbonyl (C=O) groups is 1. The Morgan fingerprint density at radius 2 is 2.09 bits per heavy atom. The Labute approximate surface area is 188 Å². The predicted molar refractivity (Wildman–Crippen MR) is 123 cm³/mol. The number of rotatable bonds is 7. The minimum absolute atomic E-state index is 0.0460. The smallest absolute Gasteiger partial charge is 0.237 e. The summed E-state index contributed by atoms with van der Waals surface area (Å²) < 4.78 is 7.02. The summed E-state index contributed by atoms with van der Waals surface area (Å²) in [6, 6.07) is 9.77. The molecule has 1 fully saturated rings. The lowest BCUT2D eigenvalue weighted by atomic mass is 9.94. The highest BCUT2D eigenvalue weighted by Crippen LogP contribution is 2.25. The topological polar surface area (TPSA) is 85.2 Å². The average Bonchev–Trinajstić information content (AvgIpc) is 3.34. The SMILES string of the molecule is COc1ccc(C(C)NC(=O)CC2CCCN(c3cc(C)nc(-n4ccnc4)n3)C2)cc1. The highest BCUT2D eigenvalue weighted by molar-refractivity contribution is 5.76. The number of hydrogen-bond donors (Lipinski definition) is 1. The Morgan fingerprint density at radius 1 is 1.28 bits per heavy atom. The van der Waals surface area contributed by atoms with Gasteiger partial charge in [0.05, 0.1) is 13.2 Å². The second-order valence-electron chi connectivity index (χ2n) is 8.36. The maximum atomic E-state index is 12.7. The van der Waals surface area contributed by atoms with E-state index in [4.69, 9.17) is 9.72 Å². The van der Waals surface area contributed by atoms with Crippen molar-refractivity contribution in [1.82, 2.24) is 24.8 Å². The second kappa shape index (κ2) is 9.80. The van der Waals surface area contributed by atoms with Crippen molar-refractivity contribution >= 4 is 11.7 Å². The molecule has 168 valence electrons. The number of aryl methyl sites for hydroxylation is 1. The van der Waals surface area contributed by atoms with E-state index in [-0.39, 0.29) is 11.9 Å². The molecule has 4 rings (SSSR count). The number of nitrogens with zero attached hydrogens (tertiary/aromatic N) is 5. The molecule has 32 heavy (non-hydrogen) atoms. The Hall–Kier alpha value is -3.42. The van der Waals surface area contributed by atoms with E-state index < -0.39 is 0 Å². The van der Waals surface area contributed by atoms with Crippen molar-refractivity contribution in [2.75, 3.05) is 25.1 Å². The first-order valence-corrected chi connectivity index (χ1v) is 11.0. The number of benzene rings is 1. The molecule has 0 saturated carbocycles. The van der Waals surface area contributed by atoms with Gasteiger partial charge in [-0.25, -0.2) is 9.97 Å². The Kier molecular flexibility index (Phi) is 6.68. The van der Waals surface area contributed by atoms with Crippen molar-refractivity contribution < 1.29 is 9.53 Å². The van der Waals surface area contributed by atoms with Crippen LogP contribution in [0.3, 0.4) is 0 Å². The van der Waals surface area contributed by atoms with Crippen molar-refractivity contribution in [3.63, 3.8) is 0 Å². The molecule has 0 aliphatic carbocycles. The lowest BCUT2D eigenvalue weighted by molar-refractivity contribution is -0.122. The van der Waals surface area contributed by atoms with Gasteiger partial charge in [-0.2, -0.15) is 4.98 Å². The van der Waals surface area contributed by atoms with Crippen LogP contribution in [-0.4, -0.2) is 45.6 Å².